The van der Waals surface area contributed by atoms with Gasteiger partial charge in [0.1, 0.15) is 11.6 Å². The predicted molar refractivity (Wildman–Crippen MR) is 326 cm³/mol. The van der Waals surface area contributed by atoms with Crippen molar-refractivity contribution in [2.75, 3.05) is 112 Å². The van der Waals surface area contributed by atoms with Crippen LogP contribution in [0.2, 0.25) is 0 Å². The van der Waals surface area contributed by atoms with Gasteiger partial charge in [-0.3, -0.25) is 9.08 Å². The van der Waals surface area contributed by atoms with Gasteiger partial charge in [-0.05, 0) is 140 Å². The van der Waals surface area contributed by atoms with Crippen molar-refractivity contribution in [2.24, 2.45) is 0 Å². The molecule has 22 heteroatoms. The lowest BCUT2D eigenvalue weighted by Gasteiger charge is -2.38. The number of carbonyl (C=O) groups excluding carboxylic acids is 2. The Balaban J connectivity index is 0.000000187. The van der Waals surface area contributed by atoms with Crippen molar-refractivity contribution < 1.29 is 41.1 Å². The highest BCUT2D eigenvalue weighted by Crippen LogP contribution is 2.34. The molecule has 452 valence electrons. The summed E-state index contributed by atoms with van der Waals surface area (Å²) in [5.41, 5.74) is 9.05. The molecule has 83 heavy (non-hydrogen) atoms. The number of urea groups is 2. The van der Waals surface area contributed by atoms with Crippen molar-refractivity contribution in [1.29, 1.82) is 0 Å². The molecule has 4 atom stereocenters. The average molecular weight is 1170 g/mol. The molecule has 0 spiro atoms. The van der Waals surface area contributed by atoms with Gasteiger partial charge in [0, 0.05) is 99.2 Å². The van der Waals surface area contributed by atoms with Gasteiger partial charge in [0.2, 0.25) is 0 Å². The van der Waals surface area contributed by atoms with E-state index in [1.54, 1.807) is 24.3 Å². The maximum atomic E-state index is 11.9. The van der Waals surface area contributed by atoms with Crippen LogP contribution < -0.4 is 36.4 Å². The summed E-state index contributed by atoms with van der Waals surface area (Å²) in [5, 5.41) is 14.6. The monoisotopic (exact) mass is 1160 g/mol. The number of anilines is 4. The predicted octanol–water partition coefficient (Wildman–Crippen LogP) is 8.35. The molecule has 2 aromatic heterocycles. The lowest BCUT2D eigenvalue weighted by Crippen LogP contribution is -2.45. The average Bonchev–Trinajstić information content (AvgIpc) is 3.94. The largest absolute Gasteiger partial charge is 0.377 e. The summed E-state index contributed by atoms with van der Waals surface area (Å²) in [6.07, 6.45) is 6.26. The smallest absolute Gasteiger partial charge is 0.319 e. The van der Waals surface area contributed by atoms with Gasteiger partial charge in [-0.25, -0.2) is 29.5 Å². The molecule has 0 bridgehead atoms. The van der Waals surface area contributed by atoms with Crippen LogP contribution >= 0.6 is 0 Å². The minimum absolute atomic E-state index is 0. The second-order valence-electron chi connectivity index (χ2n) is 21.2. The lowest BCUT2D eigenvalue weighted by atomic mass is 10.0. The van der Waals surface area contributed by atoms with Crippen molar-refractivity contribution in [3.63, 3.8) is 0 Å². The van der Waals surface area contributed by atoms with Crippen LogP contribution in [-0.4, -0.2) is 162 Å². The summed E-state index contributed by atoms with van der Waals surface area (Å²) in [7, 11) is -3.64. The molecular formula is C61H88N12O9S. The van der Waals surface area contributed by atoms with E-state index in [2.05, 4.69) is 55.1 Å². The third-order valence-corrected chi connectivity index (χ3v) is 16.3. The minimum atomic E-state index is -3.64. The Kier molecular flexibility index (Phi) is 24.0. The number of rotatable bonds is 14. The van der Waals surface area contributed by atoms with Gasteiger partial charge >= 0.3 is 12.1 Å². The van der Waals surface area contributed by atoms with E-state index in [-0.39, 0.29) is 56.6 Å². The molecule has 8 heterocycles. The number of amides is 4. The highest BCUT2D eigenvalue weighted by Gasteiger charge is 2.32. The Morgan fingerprint density at radius 2 is 1.18 bits per heavy atom. The minimum Gasteiger partial charge on any atom is -0.377 e. The Morgan fingerprint density at radius 3 is 1.69 bits per heavy atom. The van der Waals surface area contributed by atoms with Gasteiger partial charge in [0.25, 0.3) is 10.1 Å². The molecule has 0 aliphatic carbocycles. The first-order valence-electron chi connectivity index (χ1n) is 28.7. The van der Waals surface area contributed by atoms with E-state index < -0.39 is 10.1 Å². The Hall–Kier alpha value is -6.37. The molecule has 5 N–H and O–H groups in total. The van der Waals surface area contributed by atoms with Gasteiger partial charge in [0.05, 0.1) is 73.6 Å². The first-order valence-corrected chi connectivity index (χ1v) is 30.2. The van der Waals surface area contributed by atoms with Gasteiger partial charge in [-0.15, -0.1) is 0 Å². The Bertz CT molecular complexity index is 2980. The zero-order valence-electron chi connectivity index (χ0n) is 47.5. The normalized spacial score (nSPS) is 20.3. The van der Waals surface area contributed by atoms with E-state index >= 15 is 0 Å². The van der Waals surface area contributed by atoms with Crippen molar-refractivity contribution in [1.82, 2.24) is 40.8 Å². The van der Waals surface area contributed by atoms with Gasteiger partial charge in [-0.2, -0.15) is 8.42 Å². The molecule has 5 aromatic rings. The highest BCUT2D eigenvalue weighted by atomic mass is 32.2. The zero-order chi connectivity index (χ0) is 56.7. The molecule has 3 aromatic carbocycles. The van der Waals surface area contributed by atoms with Crippen LogP contribution in [0.5, 0.6) is 0 Å². The first-order chi connectivity index (χ1) is 39.3. The van der Waals surface area contributed by atoms with Crippen LogP contribution in [-0.2, 0) is 59.2 Å². The third-order valence-electron chi connectivity index (χ3n) is 15.0. The summed E-state index contributed by atoms with van der Waals surface area (Å²) < 4.78 is 51.2. The maximum Gasteiger partial charge on any atom is 0.319 e. The topological polar surface area (TPSA) is 236 Å². The molecular weight excluding hydrogens is 1080 g/mol. The molecule has 0 saturated carbocycles. The number of nitrogens with zero attached hydrogens (tertiary/aromatic N) is 7. The molecule has 21 nitrogen and oxygen atoms in total. The molecule has 11 rings (SSSR count). The maximum absolute atomic E-state index is 11.9. The summed E-state index contributed by atoms with van der Waals surface area (Å²) in [6, 6.07) is 22.2. The van der Waals surface area contributed by atoms with E-state index in [4.69, 9.17) is 43.1 Å². The number of hydrogen-bond acceptors (Lipinski definition) is 17. The Labute approximate surface area is 491 Å². The number of nitrogens with one attached hydrogen (secondary N) is 5. The number of ether oxygens (including phenoxy) is 4. The quantitative estimate of drug-likeness (QED) is 0.0657. The van der Waals surface area contributed by atoms with Crippen molar-refractivity contribution in [2.45, 2.75) is 130 Å². The van der Waals surface area contributed by atoms with Gasteiger partial charge < -0.3 is 55.3 Å². The fourth-order valence-corrected chi connectivity index (χ4v) is 11.6. The molecule has 4 fully saturated rings. The molecule has 0 radical (unpaired) electrons. The second kappa shape index (κ2) is 31.0. The summed E-state index contributed by atoms with van der Waals surface area (Å²) >= 11 is 0. The van der Waals surface area contributed by atoms with Crippen LogP contribution in [0, 0.1) is 6.92 Å². The zero-order valence-corrected chi connectivity index (χ0v) is 48.3. The van der Waals surface area contributed by atoms with Gasteiger partial charge in [-0.1, -0.05) is 32.5 Å². The molecule has 2 unspecified atom stereocenters. The number of carbonyl (C=O) groups is 2. The van der Waals surface area contributed by atoms with Crippen LogP contribution in [0.4, 0.5) is 32.6 Å². The van der Waals surface area contributed by atoms with Crippen molar-refractivity contribution >= 4 is 45.2 Å². The standard InChI is InChI=1S/C26H36N6O3.C21H28N6O2.C12H16O4S.2CH4/c1-3-27-26(33)28-20-8-6-19(7-9-20)24-29-23-16-31(15-21-5-4-13-35-21)11-10-22(23)25(30-24)32-12-14-34-17-18(32)2;1-3-23-21(28)24-16-6-4-15(5-7-16)19-25-18-12-22-9-8-17(18)20(26-19)27-10-11-29-13-14(27)2;1-10-4-6-12(7-5-10)17(13,14)16-9-11-3-2-8-15-11;;/h6-9,18,21H,3-5,10-17H2,1-2H3,(H2,27,28,33);4-7,14,22H,3,8-13H2,1-2H3,(H2,23,24,28);4-7,11H,2-3,8-9H2,1H3;2*1H4/t18-,21?;14-;;;/m00.../s1. The third kappa shape index (κ3) is 17.4. The van der Waals surface area contributed by atoms with E-state index in [1.807, 2.05) is 69.3 Å². The fourth-order valence-electron chi connectivity index (χ4n) is 10.6. The molecule has 4 saturated heterocycles. The van der Waals surface area contributed by atoms with Crippen LogP contribution in [0.15, 0.2) is 77.7 Å². The number of benzene rings is 3. The summed E-state index contributed by atoms with van der Waals surface area (Å²) in [5.74, 6) is 3.51. The summed E-state index contributed by atoms with van der Waals surface area (Å²) in [4.78, 5) is 51.0. The number of fused-ring (bicyclic) bond motifs is 2. The van der Waals surface area contributed by atoms with Gasteiger partial charge in [0.15, 0.2) is 11.6 Å². The highest BCUT2D eigenvalue weighted by molar-refractivity contribution is 7.86. The SMILES string of the molecule is C.C.CCNC(=O)Nc1ccc(-c2nc3c(c(N4CCOC[C@@H]4C)n2)CCN(CC2CCCO2)C3)cc1.CCNC(=O)Nc1ccc(-c2nc3c(c(N4CCOC[C@@H]4C)n2)CCNC3)cc1.Cc1ccc(S(=O)(=O)OCC2CCCO2)cc1. The molecule has 6 aliphatic rings. The van der Waals surface area contributed by atoms with E-state index in [0.29, 0.717) is 51.4 Å². The van der Waals surface area contributed by atoms with E-state index in [9.17, 15) is 18.0 Å². The fraction of sp³-hybridized carbons (Fsp3) is 0.541. The number of aryl methyl sites for hydroxylation is 1. The second-order valence-corrected chi connectivity index (χ2v) is 22.8. The number of morpholine rings is 2. The van der Waals surface area contributed by atoms with E-state index in [1.165, 1.54) is 11.1 Å². The molecule has 4 amide bonds. The van der Waals surface area contributed by atoms with Crippen LogP contribution in [0.3, 0.4) is 0 Å². The summed E-state index contributed by atoms with van der Waals surface area (Å²) in [6.45, 7) is 21.9. The Morgan fingerprint density at radius 1 is 0.663 bits per heavy atom. The lowest BCUT2D eigenvalue weighted by molar-refractivity contribution is 0.0681. The van der Waals surface area contributed by atoms with Crippen molar-refractivity contribution in [3.05, 3.63) is 101 Å². The number of hydrogen-bond donors (Lipinski definition) is 5. The molecule has 6 aliphatic heterocycles. The number of aromatic nitrogens is 4. The van der Waals surface area contributed by atoms with Crippen molar-refractivity contribution in [3.8, 4) is 22.8 Å². The van der Waals surface area contributed by atoms with Crippen LogP contribution in [0.1, 0.15) is 96.3 Å². The van der Waals surface area contributed by atoms with Crippen LogP contribution in [0.25, 0.3) is 22.8 Å². The first kappa shape index (κ1) is 64.2. The van der Waals surface area contributed by atoms with E-state index in [0.717, 1.165) is 154 Å².